The smallest absolute Gasteiger partial charge is 0.295 e. The molecule has 1 aliphatic heterocycles. The van der Waals surface area contributed by atoms with Crippen molar-refractivity contribution in [2.75, 3.05) is 14.2 Å². The van der Waals surface area contributed by atoms with Gasteiger partial charge in [-0.1, -0.05) is 38.1 Å². The van der Waals surface area contributed by atoms with Crippen LogP contribution in [0, 0.1) is 0 Å². The van der Waals surface area contributed by atoms with E-state index in [9.17, 15) is 14.7 Å². The number of aliphatic hydroxyl groups excluding tert-OH is 1. The Morgan fingerprint density at radius 2 is 1.62 bits per heavy atom. The van der Waals surface area contributed by atoms with Gasteiger partial charge in [-0.15, -0.1) is 0 Å². The average Bonchev–Trinajstić information content (AvgIpc) is 3.17. The molecular formula is C32H35NO6. The van der Waals surface area contributed by atoms with E-state index in [2.05, 4.69) is 0 Å². The van der Waals surface area contributed by atoms with Crippen molar-refractivity contribution in [2.24, 2.45) is 0 Å². The number of benzene rings is 3. The molecule has 39 heavy (non-hydrogen) atoms. The third kappa shape index (κ3) is 5.77. The van der Waals surface area contributed by atoms with Crippen LogP contribution in [0.15, 0.2) is 72.3 Å². The Morgan fingerprint density at radius 3 is 2.23 bits per heavy atom. The van der Waals surface area contributed by atoms with Gasteiger partial charge in [0.15, 0.2) is 0 Å². The van der Waals surface area contributed by atoms with Gasteiger partial charge in [-0.05, 0) is 78.9 Å². The summed E-state index contributed by atoms with van der Waals surface area (Å²) in [6.45, 7) is 8.12. The van der Waals surface area contributed by atoms with Crippen LogP contribution < -0.4 is 14.2 Å². The van der Waals surface area contributed by atoms with Crippen molar-refractivity contribution in [3.05, 3.63) is 94.6 Å². The van der Waals surface area contributed by atoms with Gasteiger partial charge in [0.1, 0.15) is 23.0 Å². The minimum Gasteiger partial charge on any atom is -0.507 e. The van der Waals surface area contributed by atoms with Gasteiger partial charge in [0.2, 0.25) is 0 Å². The van der Waals surface area contributed by atoms with Crippen molar-refractivity contribution in [1.29, 1.82) is 0 Å². The number of amides is 1. The molecule has 0 saturated carbocycles. The molecule has 3 aromatic rings. The number of ether oxygens (including phenoxy) is 3. The summed E-state index contributed by atoms with van der Waals surface area (Å²) in [6.07, 6.45) is 0.0379. The van der Waals surface area contributed by atoms with Gasteiger partial charge in [0, 0.05) is 12.1 Å². The van der Waals surface area contributed by atoms with E-state index in [4.69, 9.17) is 14.2 Å². The van der Waals surface area contributed by atoms with Gasteiger partial charge >= 0.3 is 0 Å². The molecule has 0 aliphatic carbocycles. The molecule has 1 fully saturated rings. The van der Waals surface area contributed by atoms with E-state index in [0.29, 0.717) is 22.6 Å². The molecule has 0 radical (unpaired) electrons. The van der Waals surface area contributed by atoms with E-state index in [-0.39, 0.29) is 29.9 Å². The van der Waals surface area contributed by atoms with Gasteiger partial charge in [0.05, 0.1) is 31.9 Å². The van der Waals surface area contributed by atoms with E-state index in [1.807, 2.05) is 64.1 Å². The van der Waals surface area contributed by atoms with Crippen molar-refractivity contribution < 1.29 is 28.9 Å². The Bertz CT molecular complexity index is 1390. The first-order valence-corrected chi connectivity index (χ1v) is 13.0. The molecule has 0 spiro atoms. The summed E-state index contributed by atoms with van der Waals surface area (Å²) in [5, 5.41) is 11.5. The number of Topliss-reactive ketones (excluding diaryl/α,β-unsaturated/α-hetero) is 1. The highest BCUT2D eigenvalue weighted by molar-refractivity contribution is 6.46. The summed E-state index contributed by atoms with van der Waals surface area (Å²) in [6, 6.07) is 19.1. The molecule has 1 saturated heterocycles. The van der Waals surface area contributed by atoms with Crippen molar-refractivity contribution in [2.45, 2.75) is 52.3 Å². The zero-order valence-electron chi connectivity index (χ0n) is 23.2. The number of hydrogen-bond donors (Lipinski definition) is 1. The number of carbonyl (C=O) groups is 2. The summed E-state index contributed by atoms with van der Waals surface area (Å²) in [7, 11) is 3.15. The largest absolute Gasteiger partial charge is 0.507 e. The zero-order chi connectivity index (χ0) is 28.3. The van der Waals surface area contributed by atoms with E-state index < -0.39 is 17.7 Å². The number of hydrogen-bond acceptors (Lipinski definition) is 6. The first-order valence-electron chi connectivity index (χ1n) is 13.0. The standard InChI is InChI=1S/C32H35NO6/c1-19(2)26-17-23(12-15-27(26)38-6)30(34)28-29(22-8-7-9-25(16-22)37-5)33(32(36)31(28)35)18-21-10-13-24(14-11-21)39-20(3)4/h7-17,19-20,29,34H,18H2,1-6H3/b30-28-. The van der Waals surface area contributed by atoms with Gasteiger partial charge in [-0.2, -0.15) is 0 Å². The number of methoxy groups -OCH3 is 2. The summed E-state index contributed by atoms with van der Waals surface area (Å²) in [4.78, 5) is 28.4. The lowest BCUT2D eigenvalue weighted by Crippen LogP contribution is -2.29. The molecule has 0 bridgehead atoms. The average molecular weight is 530 g/mol. The van der Waals surface area contributed by atoms with Crippen molar-refractivity contribution >= 4 is 17.4 Å². The molecule has 1 aliphatic rings. The normalized spacial score (nSPS) is 16.7. The zero-order valence-corrected chi connectivity index (χ0v) is 23.2. The van der Waals surface area contributed by atoms with Crippen molar-refractivity contribution in [3.8, 4) is 17.2 Å². The third-order valence-corrected chi connectivity index (χ3v) is 6.72. The minimum absolute atomic E-state index is 0.0351. The molecule has 0 aromatic heterocycles. The van der Waals surface area contributed by atoms with E-state index >= 15 is 0 Å². The summed E-state index contributed by atoms with van der Waals surface area (Å²) < 4.78 is 16.6. The Hall–Kier alpha value is -4.26. The molecule has 1 amide bonds. The summed E-state index contributed by atoms with van der Waals surface area (Å²) in [5.74, 6) is 0.476. The van der Waals surface area contributed by atoms with E-state index in [0.717, 1.165) is 16.9 Å². The predicted molar refractivity (Wildman–Crippen MR) is 150 cm³/mol. The maximum absolute atomic E-state index is 13.5. The Labute approximate surface area is 229 Å². The first-order chi connectivity index (χ1) is 18.6. The molecule has 1 unspecified atom stereocenters. The monoisotopic (exact) mass is 529 g/mol. The van der Waals surface area contributed by atoms with Gasteiger partial charge in [0.25, 0.3) is 11.7 Å². The molecular weight excluding hydrogens is 494 g/mol. The second-order valence-electron chi connectivity index (χ2n) is 10.1. The fourth-order valence-corrected chi connectivity index (χ4v) is 4.83. The lowest BCUT2D eigenvalue weighted by molar-refractivity contribution is -0.140. The first kappa shape index (κ1) is 27.8. The Morgan fingerprint density at radius 1 is 0.897 bits per heavy atom. The highest BCUT2D eigenvalue weighted by Gasteiger charge is 2.46. The van der Waals surface area contributed by atoms with Gasteiger partial charge in [-0.25, -0.2) is 0 Å². The quantitative estimate of drug-likeness (QED) is 0.201. The third-order valence-electron chi connectivity index (χ3n) is 6.72. The highest BCUT2D eigenvalue weighted by atomic mass is 16.5. The number of carbonyl (C=O) groups excluding carboxylic acids is 2. The van der Waals surface area contributed by atoms with Crippen LogP contribution in [0.5, 0.6) is 17.2 Å². The van der Waals surface area contributed by atoms with Crippen molar-refractivity contribution in [1.82, 2.24) is 4.90 Å². The Kier molecular flexibility index (Phi) is 8.29. The molecule has 4 rings (SSSR count). The lowest BCUT2D eigenvalue weighted by Gasteiger charge is -2.26. The number of rotatable bonds is 9. The van der Waals surface area contributed by atoms with Crippen LogP contribution in [0.2, 0.25) is 0 Å². The lowest BCUT2D eigenvalue weighted by atomic mass is 9.93. The molecule has 1 N–H and O–H groups in total. The minimum atomic E-state index is -0.809. The van der Waals surface area contributed by atoms with E-state index in [1.54, 1.807) is 44.6 Å². The number of likely N-dealkylation sites (tertiary alicyclic amines) is 1. The maximum Gasteiger partial charge on any atom is 0.295 e. The van der Waals surface area contributed by atoms with Crippen LogP contribution in [0.4, 0.5) is 0 Å². The number of ketones is 1. The molecule has 1 atom stereocenters. The Balaban J connectivity index is 1.82. The highest BCUT2D eigenvalue weighted by Crippen LogP contribution is 2.42. The summed E-state index contributed by atoms with van der Waals surface area (Å²) >= 11 is 0. The molecule has 204 valence electrons. The fourth-order valence-electron chi connectivity index (χ4n) is 4.83. The summed E-state index contributed by atoms with van der Waals surface area (Å²) in [5.41, 5.74) is 2.85. The second kappa shape index (κ2) is 11.6. The van der Waals surface area contributed by atoms with Crippen LogP contribution in [0.1, 0.15) is 61.9 Å². The predicted octanol–water partition coefficient (Wildman–Crippen LogP) is 6.24. The molecule has 1 heterocycles. The SMILES string of the molecule is COc1cccc(C2/C(=C(/O)c3ccc(OC)c(C(C)C)c3)C(=O)C(=O)N2Cc2ccc(OC(C)C)cc2)c1. The van der Waals surface area contributed by atoms with Crippen LogP contribution in [-0.2, 0) is 16.1 Å². The molecule has 3 aromatic carbocycles. The molecule has 7 nitrogen and oxygen atoms in total. The van der Waals surface area contributed by atoms with Crippen LogP contribution in [0.3, 0.4) is 0 Å². The van der Waals surface area contributed by atoms with Crippen molar-refractivity contribution in [3.63, 3.8) is 0 Å². The molecule has 7 heteroatoms. The van der Waals surface area contributed by atoms with Gasteiger partial charge < -0.3 is 24.2 Å². The number of aliphatic hydroxyl groups is 1. The fraction of sp³-hybridized carbons (Fsp3) is 0.312. The topological polar surface area (TPSA) is 85.3 Å². The van der Waals surface area contributed by atoms with Gasteiger partial charge in [-0.3, -0.25) is 9.59 Å². The van der Waals surface area contributed by atoms with Crippen LogP contribution in [-0.4, -0.2) is 42.0 Å². The van der Waals surface area contributed by atoms with Crippen LogP contribution >= 0.6 is 0 Å². The van der Waals surface area contributed by atoms with Crippen LogP contribution in [0.25, 0.3) is 5.76 Å². The number of nitrogens with zero attached hydrogens (tertiary/aromatic N) is 1. The second-order valence-corrected chi connectivity index (χ2v) is 10.1. The maximum atomic E-state index is 13.5. The van der Waals surface area contributed by atoms with E-state index in [1.165, 1.54) is 4.90 Å².